The van der Waals surface area contributed by atoms with E-state index in [4.69, 9.17) is 9.72 Å². The Hall–Kier alpha value is -2.68. The van der Waals surface area contributed by atoms with Gasteiger partial charge in [0.05, 0.1) is 41.4 Å². The summed E-state index contributed by atoms with van der Waals surface area (Å²) in [6, 6.07) is 10.6. The van der Waals surface area contributed by atoms with Crippen molar-refractivity contribution in [1.29, 1.82) is 5.26 Å². The van der Waals surface area contributed by atoms with Crippen molar-refractivity contribution in [2.45, 2.75) is 50.0 Å². The third-order valence-electron chi connectivity index (χ3n) is 8.54. The zero-order chi connectivity index (χ0) is 27.0. The molecule has 3 heterocycles. The van der Waals surface area contributed by atoms with E-state index in [0.717, 1.165) is 78.6 Å². The van der Waals surface area contributed by atoms with Gasteiger partial charge in [-0.3, -0.25) is 4.79 Å². The van der Waals surface area contributed by atoms with E-state index >= 15 is 0 Å². The molecule has 208 valence electrons. The Bertz CT molecular complexity index is 1340. The molecule has 6 rings (SSSR count). The van der Waals surface area contributed by atoms with Gasteiger partial charge >= 0.3 is 0 Å². The summed E-state index contributed by atoms with van der Waals surface area (Å²) in [5.41, 5.74) is 2.40. The molecule has 4 fully saturated rings. The number of carbonyl (C=O) groups is 1. The quantitative estimate of drug-likeness (QED) is 0.563. The molecule has 4 aliphatic rings. The maximum atomic E-state index is 13.5. The van der Waals surface area contributed by atoms with Crippen LogP contribution < -0.4 is 15.1 Å². The minimum absolute atomic E-state index is 0.00117. The van der Waals surface area contributed by atoms with E-state index in [-0.39, 0.29) is 29.2 Å². The predicted octanol–water partition coefficient (Wildman–Crippen LogP) is 3.33. The first kappa shape index (κ1) is 26.5. The molecule has 2 saturated heterocycles. The number of nitrogens with one attached hydrogen (secondary N) is 1. The van der Waals surface area contributed by atoms with E-state index < -0.39 is 15.4 Å². The highest BCUT2D eigenvalue weighted by Gasteiger charge is 2.47. The summed E-state index contributed by atoms with van der Waals surface area (Å²) in [5, 5.41) is 13.6. The Morgan fingerprint density at radius 1 is 1.05 bits per heavy atom. The van der Waals surface area contributed by atoms with Crippen LogP contribution in [0, 0.1) is 17.2 Å². The smallest absolute Gasteiger partial charge is 0.225 e. The molecule has 2 atom stereocenters. The lowest BCUT2D eigenvalue weighted by Gasteiger charge is -2.31. The van der Waals surface area contributed by atoms with Gasteiger partial charge in [0.25, 0.3) is 0 Å². The second-order valence-electron chi connectivity index (χ2n) is 11.2. The van der Waals surface area contributed by atoms with Crippen molar-refractivity contribution in [3.05, 3.63) is 30.0 Å². The summed E-state index contributed by atoms with van der Waals surface area (Å²) < 4.78 is 29.3. The molecule has 1 amide bonds. The number of ether oxygens (including phenoxy) is 1. The predicted molar refractivity (Wildman–Crippen MR) is 152 cm³/mol. The van der Waals surface area contributed by atoms with Crippen molar-refractivity contribution in [1.82, 2.24) is 10.3 Å². The number of benzene rings is 1. The summed E-state index contributed by atoms with van der Waals surface area (Å²) in [6.45, 7) is 3.96. The average molecular weight is 570 g/mol. The standard InChI is InChI=1S/C28H35N5O4S2/c29-19-28(9-10-28)31-26(34)23-4-2-1-3-22(23)24-25(38-27(30-24)33-11-15-37-16-12-33)20-5-7-21(8-6-20)32-13-17-39(35,36)18-14-32/h5-8,22-23H,1-4,9-18H2,(H,31,34). The molecule has 2 aliphatic carbocycles. The van der Waals surface area contributed by atoms with E-state index in [1.807, 2.05) is 0 Å². The van der Waals surface area contributed by atoms with Gasteiger partial charge in [-0.25, -0.2) is 13.4 Å². The molecule has 0 spiro atoms. The van der Waals surface area contributed by atoms with Crippen molar-refractivity contribution in [3.8, 4) is 16.5 Å². The summed E-state index contributed by atoms with van der Waals surface area (Å²) in [7, 11) is -2.93. The van der Waals surface area contributed by atoms with Crippen LogP contribution in [0.5, 0.6) is 0 Å². The van der Waals surface area contributed by atoms with Crippen molar-refractivity contribution >= 4 is 37.9 Å². The molecule has 2 saturated carbocycles. The topological polar surface area (TPSA) is 116 Å². The van der Waals surface area contributed by atoms with Crippen LogP contribution in [0.2, 0.25) is 0 Å². The fourth-order valence-electron chi connectivity index (χ4n) is 5.95. The highest BCUT2D eigenvalue weighted by atomic mass is 32.2. The Labute approximate surface area is 234 Å². The van der Waals surface area contributed by atoms with Gasteiger partial charge in [0.1, 0.15) is 5.54 Å². The fraction of sp³-hybridized carbons (Fsp3) is 0.607. The summed E-state index contributed by atoms with van der Waals surface area (Å²) >= 11 is 1.68. The first-order valence-electron chi connectivity index (χ1n) is 14.0. The molecule has 2 unspecified atom stereocenters. The van der Waals surface area contributed by atoms with Crippen molar-refractivity contribution in [2.24, 2.45) is 5.92 Å². The number of nitriles is 1. The fourth-order valence-corrected chi connectivity index (χ4v) is 8.35. The van der Waals surface area contributed by atoms with Crippen LogP contribution in [0.25, 0.3) is 10.4 Å². The minimum atomic E-state index is -2.93. The third kappa shape index (κ3) is 5.65. The van der Waals surface area contributed by atoms with Crippen LogP contribution in [-0.2, 0) is 19.4 Å². The Balaban J connectivity index is 1.31. The maximum Gasteiger partial charge on any atom is 0.225 e. The first-order valence-corrected chi connectivity index (χ1v) is 16.6. The zero-order valence-electron chi connectivity index (χ0n) is 22.1. The zero-order valence-corrected chi connectivity index (χ0v) is 23.7. The van der Waals surface area contributed by atoms with Gasteiger partial charge in [-0.05, 0) is 43.4 Å². The van der Waals surface area contributed by atoms with Crippen LogP contribution in [-0.4, -0.2) is 75.7 Å². The van der Waals surface area contributed by atoms with Gasteiger partial charge in [-0.15, -0.1) is 0 Å². The van der Waals surface area contributed by atoms with Crippen molar-refractivity contribution in [3.63, 3.8) is 0 Å². The van der Waals surface area contributed by atoms with Gasteiger partial charge in [-0.2, -0.15) is 5.26 Å². The number of amides is 1. The lowest BCUT2D eigenvalue weighted by molar-refractivity contribution is -0.127. The number of hydrogen-bond acceptors (Lipinski definition) is 9. The maximum absolute atomic E-state index is 13.5. The van der Waals surface area contributed by atoms with Crippen LogP contribution in [0.3, 0.4) is 0 Å². The summed E-state index contributed by atoms with van der Waals surface area (Å²) in [5.74, 6) is 0.170. The van der Waals surface area contributed by atoms with Gasteiger partial charge in [0.15, 0.2) is 15.0 Å². The average Bonchev–Trinajstić information content (AvgIpc) is 3.60. The number of aromatic nitrogens is 1. The number of nitrogens with zero attached hydrogens (tertiary/aromatic N) is 4. The molecule has 39 heavy (non-hydrogen) atoms. The number of morpholine rings is 1. The molecule has 2 aromatic rings. The number of rotatable bonds is 6. The van der Waals surface area contributed by atoms with Gasteiger partial charge < -0.3 is 19.9 Å². The largest absolute Gasteiger partial charge is 0.378 e. The van der Waals surface area contributed by atoms with Crippen LogP contribution in [0.15, 0.2) is 24.3 Å². The molecule has 1 aromatic heterocycles. The number of sulfone groups is 1. The van der Waals surface area contributed by atoms with Gasteiger partial charge in [0, 0.05) is 43.7 Å². The molecule has 9 nitrogen and oxygen atoms in total. The lowest BCUT2D eigenvalue weighted by atomic mass is 9.76. The van der Waals surface area contributed by atoms with Crippen LogP contribution >= 0.6 is 11.3 Å². The second-order valence-corrected chi connectivity index (χ2v) is 14.5. The normalized spacial score (nSPS) is 26.0. The molecule has 2 aliphatic heterocycles. The Kier molecular flexibility index (Phi) is 7.29. The molecule has 11 heteroatoms. The SMILES string of the molecule is N#CC1(NC(=O)C2CCCCC2c2nc(N3CCOCC3)sc2-c2ccc(N3CCS(=O)(=O)CC3)cc2)CC1. The molecular formula is C28H35N5O4S2. The van der Waals surface area contributed by atoms with Crippen molar-refractivity contribution in [2.75, 3.05) is 60.7 Å². The third-order valence-corrected chi connectivity index (χ3v) is 11.3. The second kappa shape index (κ2) is 10.7. The lowest BCUT2D eigenvalue weighted by Crippen LogP contribution is -2.42. The van der Waals surface area contributed by atoms with Crippen LogP contribution in [0.4, 0.5) is 10.8 Å². The number of anilines is 2. The van der Waals surface area contributed by atoms with E-state index in [9.17, 15) is 18.5 Å². The highest BCUT2D eigenvalue weighted by Crippen LogP contribution is 2.46. The molecule has 0 radical (unpaired) electrons. The van der Waals surface area contributed by atoms with Gasteiger partial charge in [-0.1, -0.05) is 36.3 Å². The Morgan fingerprint density at radius 2 is 1.74 bits per heavy atom. The summed E-state index contributed by atoms with van der Waals surface area (Å²) in [4.78, 5) is 24.1. The van der Waals surface area contributed by atoms with E-state index in [2.05, 4.69) is 45.5 Å². The van der Waals surface area contributed by atoms with Gasteiger partial charge in [0.2, 0.25) is 5.91 Å². The Morgan fingerprint density at radius 3 is 2.41 bits per heavy atom. The van der Waals surface area contributed by atoms with Crippen molar-refractivity contribution < 1.29 is 17.9 Å². The van der Waals surface area contributed by atoms with E-state index in [1.165, 1.54) is 0 Å². The molecular weight excluding hydrogens is 534 g/mol. The minimum Gasteiger partial charge on any atom is -0.378 e. The first-order chi connectivity index (χ1) is 18.9. The molecule has 1 aromatic carbocycles. The number of hydrogen-bond donors (Lipinski definition) is 1. The number of thiazole rings is 1. The number of carbonyl (C=O) groups excluding carboxylic acids is 1. The highest BCUT2D eigenvalue weighted by molar-refractivity contribution is 7.91. The monoisotopic (exact) mass is 569 g/mol. The molecule has 0 bridgehead atoms. The van der Waals surface area contributed by atoms with E-state index in [0.29, 0.717) is 26.3 Å². The van der Waals surface area contributed by atoms with E-state index in [1.54, 1.807) is 11.3 Å². The molecule has 1 N–H and O–H groups in total. The summed E-state index contributed by atoms with van der Waals surface area (Å²) in [6.07, 6.45) is 5.22. The van der Waals surface area contributed by atoms with Crippen LogP contribution in [0.1, 0.15) is 50.1 Å².